The summed E-state index contributed by atoms with van der Waals surface area (Å²) in [4.78, 5) is 16.7. The van der Waals surface area contributed by atoms with Crippen molar-refractivity contribution in [3.05, 3.63) is 60.4 Å². The molecule has 2 aromatic rings. The molecule has 1 saturated heterocycles. The molecule has 0 aromatic heterocycles. The molecule has 0 amide bonds. The molecule has 2 aromatic carbocycles. The number of nitrogens with zero attached hydrogens (tertiary/aromatic N) is 2. The highest BCUT2D eigenvalue weighted by Crippen LogP contribution is 2.47. The lowest BCUT2D eigenvalue weighted by Crippen LogP contribution is -2.47. The number of hydrogen-bond acceptors (Lipinski definition) is 6. The second-order valence-electron chi connectivity index (χ2n) is 8.52. The molecule has 6 nitrogen and oxygen atoms in total. The normalized spacial score (nSPS) is 18.5. The summed E-state index contributed by atoms with van der Waals surface area (Å²) in [6, 6.07) is 11.6. The van der Waals surface area contributed by atoms with Crippen LogP contribution in [0.2, 0.25) is 0 Å². The maximum atomic E-state index is 12.9. The Labute approximate surface area is 186 Å². The fourth-order valence-electron chi connectivity index (χ4n) is 4.55. The number of ether oxygens (including phenoxy) is 1. The molecule has 170 valence electrons. The van der Waals surface area contributed by atoms with Gasteiger partial charge < -0.3 is 9.64 Å². The van der Waals surface area contributed by atoms with Crippen molar-refractivity contribution in [3.63, 3.8) is 0 Å². The zero-order valence-electron chi connectivity index (χ0n) is 17.8. The monoisotopic (exact) mass is 462 g/mol. The molecule has 0 spiro atoms. The minimum absolute atomic E-state index is 0.0272. The van der Waals surface area contributed by atoms with E-state index in [0.29, 0.717) is 23.6 Å². The van der Waals surface area contributed by atoms with E-state index >= 15 is 0 Å². The molecule has 2 aliphatic heterocycles. The number of rotatable bonds is 7. The number of sulfone groups is 1. The maximum absolute atomic E-state index is 12.9. The number of Topliss-reactive ketones (excluding diaryl/α,β-unsaturated/α-hetero) is 1. The quantitative estimate of drug-likeness (QED) is 0.554. The van der Waals surface area contributed by atoms with E-state index in [0.717, 1.165) is 11.4 Å². The van der Waals surface area contributed by atoms with Gasteiger partial charge in [0.15, 0.2) is 15.6 Å². The van der Waals surface area contributed by atoms with Gasteiger partial charge in [-0.15, -0.1) is 0 Å². The van der Waals surface area contributed by atoms with E-state index in [1.54, 1.807) is 30.3 Å². The lowest BCUT2D eigenvalue weighted by Gasteiger charge is -2.37. The smallest absolute Gasteiger partial charge is 0.387 e. The summed E-state index contributed by atoms with van der Waals surface area (Å²) in [5.74, 6) is 0.604. The zero-order valence-corrected chi connectivity index (χ0v) is 18.7. The van der Waals surface area contributed by atoms with Crippen molar-refractivity contribution in [1.82, 2.24) is 0 Å². The van der Waals surface area contributed by atoms with Crippen LogP contribution in [0.3, 0.4) is 0 Å². The highest BCUT2D eigenvalue weighted by atomic mass is 32.2. The number of hydrogen-bond donors (Lipinski definition) is 0. The van der Waals surface area contributed by atoms with Crippen molar-refractivity contribution >= 4 is 32.7 Å². The Bertz CT molecular complexity index is 1180. The third kappa shape index (κ3) is 4.09. The molecule has 0 aliphatic carbocycles. The van der Waals surface area contributed by atoms with Gasteiger partial charge >= 0.3 is 6.61 Å². The van der Waals surface area contributed by atoms with E-state index in [1.807, 2.05) is 23.6 Å². The molecule has 4 rings (SSSR count). The summed E-state index contributed by atoms with van der Waals surface area (Å²) in [6.45, 7) is 5.58. The van der Waals surface area contributed by atoms with E-state index in [-0.39, 0.29) is 29.5 Å². The Balaban J connectivity index is 1.64. The van der Waals surface area contributed by atoms with E-state index in [1.165, 1.54) is 12.1 Å². The lowest BCUT2D eigenvalue weighted by atomic mass is 9.86. The van der Waals surface area contributed by atoms with Crippen LogP contribution in [0.15, 0.2) is 54.9 Å². The van der Waals surface area contributed by atoms with Crippen LogP contribution in [0.1, 0.15) is 30.6 Å². The molecule has 0 radical (unpaired) electrons. The topological polar surface area (TPSA) is 66.9 Å². The van der Waals surface area contributed by atoms with E-state index in [2.05, 4.69) is 11.3 Å². The summed E-state index contributed by atoms with van der Waals surface area (Å²) < 4.78 is 52.9. The molecule has 9 heteroatoms. The van der Waals surface area contributed by atoms with Crippen molar-refractivity contribution in [2.45, 2.75) is 26.9 Å². The van der Waals surface area contributed by atoms with Crippen molar-refractivity contribution in [2.24, 2.45) is 5.41 Å². The summed E-state index contributed by atoms with van der Waals surface area (Å²) in [7, 11) is -3.03. The number of carbonyl (C=O) groups is 1. The first-order valence-corrected chi connectivity index (χ1v) is 12.0. The van der Waals surface area contributed by atoms with Gasteiger partial charge in [-0.25, -0.2) is 8.42 Å². The van der Waals surface area contributed by atoms with Gasteiger partial charge in [0.25, 0.3) is 0 Å². The third-order valence-corrected chi connectivity index (χ3v) is 8.01. The van der Waals surface area contributed by atoms with Gasteiger partial charge in [-0.05, 0) is 37.3 Å². The van der Waals surface area contributed by atoms with E-state index in [9.17, 15) is 22.0 Å². The molecular weight excluding hydrogens is 438 g/mol. The fraction of sp³-hybridized carbons (Fsp3) is 0.348. The Morgan fingerprint density at radius 2 is 1.91 bits per heavy atom. The summed E-state index contributed by atoms with van der Waals surface area (Å²) in [6.07, 6.45) is 0.162. The van der Waals surface area contributed by atoms with Crippen LogP contribution in [-0.2, 0) is 9.84 Å². The molecule has 0 unspecified atom stereocenters. The van der Waals surface area contributed by atoms with Gasteiger partial charge in [0.2, 0.25) is 0 Å². The number of anilines is 3. The van der Waals surface area contributed by atoms with Crippen LogP contribution in [0.5, 0.6) is 5.75 Å². The summed E-state index contributed by atoms with van der Waals surface area (Å²) in [5, 5.41) is 0. The highest BCUT2D eigenvalue weighted by molar-refractivity contribution is 7.92. The van der Waals surface area contributed by atoms with Gasteiger partial charge in [-0.3, -0.25) is 9.69 Å². The first-order chi connectivity index (χ1) is 15.0. The third-order valence-electron chi connectivity index (χ3n) is 5.74. The first kappa shape index (κ1) is 22.3. The van der Waals surface area contributed by atoms with E-state index in [4.69, 9.17) is 0 Å². The Kier molecular flexibility index (Phi) is 5.48. The average Bonchev–Trinajstić information content (AvgIpc) is 2.96. The zero-order chi connectivity index (χ0) is 23.3. The fourth-order valence-corrected chi connectivity index (χ4v) is 6.80. The van der Waals surface area contributed by atoms with Crippen molar-refractivity contribution in [3.8, 4) is 5.75 Å². The number of benzene rings is 2. The van der Waals surface area contributed by atoms with Crippen molar-refractivity contribution < 1.29 is 26.7 Å². The van der Waals surface area contributed by atoms with Gasteiger partial charge in [0, 0.05) is 30.0 Å². The molecule has 0 N–H and O–H groups in total. The standard InChI is InChI=1S/C23H24F2N2O4S/c1-4-26-15(2)27(17-6-5-7-18(11-17)31-22(24)25)19-9-8-16(10-20(19)26)21(28)12-23(3)13-32(29,30)14-23/h5-11,22H,2,4,12-14H2,1,3H3. The van der Waals surface area contributed by atoms with Gasteiger partial charge in [0.05, 0.1) is 28.6 Å². The highest BCUT2D eigenvalue weighted by Gasteiger charge is 2.46. The predicted octanol–water partition coefficient (Wildman–Crippen LogP) is 4.74. The lowest BCUT2D eigenvalue weighted by molar-refractivity contribution is -0.0498. The molecule has 2 heterocycles. The van der Waals surface area contributed by atoms with Crippen LogP contribution < -0.4 is 14.5 Å². The van der Waals surface area contributed by atoms with Crippen LogP contribution in [0.25, 0.3) is 0 Å². The number of alkyl halides is 2. The maximum Gasteiger partial charge on any atom is 0.387 e. The van der Waals surface area contributed by atoms with Gasteiger partial charge in [-0.2, -0.15) is 8.78 Å². The second kappa shape index (κ2) is 7.88. The van der Waals surface area contributed by atoms with Crippen LogP contribution >= 0.6 is 0 Å². The molecule has 0 atom stereocenters. The minimum Gasteiger partial charge on any atom is -0.435 e. The largest absolute Gasteiger partial charge is 0.435 e. The molecule has 32 heavy (non-hydrogen) atoms. The van der Waals surface area contributed by atoms with Crippen LogP contribution in [-0.4, -0.2) is 38.9 Å². The molecule has 0 saturated carbocycles. The summed E-state index contributed by atoms with van der Waals surface area (Å²) in [5.41, 5.74) is 2.11. The van der Waals surface area contributed by atoms with Gasteiger partial charge in [-0.1, -0.05) is 19.6 Å². The first-order valence-electron chi connectivity index (χ1n) is 10.2. The average molecular weight is 463 g/mol. The Morgan fingerprint density at radius 3 is 2.53 bits per heavy atom. The number of ketones is 1. The molecule has 2 aliphatic rings. The predicted molar refractivity (Wildman–Crippen MR) is 120 cm³/mol. The minimum atomic E-state index is -3.03. The summed E-state index contributed by atoms with van der Waals surface area (Å²) >= 11 is 0. The number of halogens is 2. The number of carbonyl (C=O) groups excluding carboxylic acids is 1. The van der Waals surface area contributed by atoms with Gasteiger partial charge in [0.1, 0.15) is 11.6 Å². The number of fused-ring (bicyclic) bond motifs is 1. The second-order valence-corrected chi connectivity index (χ2v) is 10.6. The SMILES string of the molecule is C=C1N(CC)c2cc(C(=O)CC3(C)CS(=O)(=O)C3)ccc2N1c1cccc(OC(F)F)c1. The molecular formula is C23H24F2N2O4S. The van der Waals surface area contributed by atoms with E-state index < -0.39 is 21.9 Å². The Morgan fingerprint density at radius 1 is 1.19 bits per heavy atom. The Hall–Kier alpha value is -2.94. The molecule has 0 bridgehead atoms. The van der Waals surface area contributed by atoms with Crippen molar-refractivity contribution in [1.29, 1.82) is 0 Å². The van der Waals surface area contributed by atoms with Crippen molar-refractivity contribution in [2.75, 3.05) is 27.9 Å². The molecule has 1 fully saturated rings. The van der Waals surface area contributed by atoms with Crippen LogP contribution in [0, 0.1) is 5.41 Å². The van der Waals surface area contributed by atoms with Crippen LogP contribution in [0.4, 0.5) is 25.8 Å².